The zero-order chi connectivity index (χ0) is 19.9. The topological polar surface area (TPSA) is 59.5 Å². The molecule has 6 heteroatoms. The number of ether oxygens (including phenoxy) is 1. The molecule has 1 saturated carbocycles. The Morgan fingerprint density at radius 2 is 1.89 bits per heavy atom. The first-order chi connectivity index (χ1) is 13.6. The van der Waals surface area contributed by atoms with E-state index in [9.17, 15) is 9.59 Å². The van der Waals surface area contributed by atoms with Gasteiger partial charge in [-0.3, -0.25) is 9.69 Å². The van der Waals surface area contributed by atoms with Crippen LogP contribution in [0.3, 0.4) is 0 Å². The molecule has 0 saturated heterocycles. The number of anilines is 1. The largest absolute Gasteiger partial charge is 0.461 e. The van der Waals surface area contributed by atoms with Crippen molar-refractivity contribution in [2.75, 3.05) is 18.1 Å². The smallest absolute Gasteiger partial charge is 0.358 e. The second-order valence-corrected chi connectivity index (χ2v) is 8.36. The third-order valence-electron chi connectivity index (χ3n) is 5.17. The Morgan fingerprint density at radius 1 is 1.18 bits per heavy atom. The Labute approximate surface area is 170 Å². The van der Waals surface area contributed by atoms with Gasteiger partial charge in [0.2, 0.25) is 5.91 Å². The number of nitrogens with zero attached hydrogens (tertiary/aromatic N) is 2. The highest BCUT2D eigenvalue weighted by molar-refractivity contribution is 7.16. The predicted octanol–water partition coefficient (Wildman–Crippen LogP) is 4.78. The molecule has 0 N–H and O–H groups in total. The molecule has 0 unspecified atom stereocenters. The molecule has 0 radical (unpaired) electrons. The predicted molar refractivity (Wildman–Crippen MR) is 112 cm³/mol. The van der Waals surface area contributed by atoms with Crippen LogP contribution >= 0.6 is 11.3 Å². The molecule has 2 aromatic rings. The molecule has 1 fully saturated rings. The molecule has 0 spiro atoms. The second-order valence-electron chi connectivity index (χ2n) is 7.18. The number of carbonyl (C=O) groups excluding carboxylic acids is 2. The lowest BCUT2D eigenvalue weighted by atomic mass is 9.88. The van der Waals surface area contributed by atoms with Gasteiger partial charge in [-0.15, -0.1) is 11.3 Å². The third kappa shape index (κ3) is 4.98. The van der Waals surface area contributed by atoms with Crippen LogP contribution in [0.2, 0.25) is 0 Å². The van der Waals surface area contributed by atoms with Crippen LogP contribution in [0.25, 0.3) is 0 Å². The van der Waals surface area contributed by atoms with Crippen LogP contribution in [-0.2, 0) is 16.0 Å². The summed E-state index contributed by atoms with van der Waals surface area (Å²) in [6, 6.07) is 10.1. The van der Waals surface area contributed by atoms with Gasteiger partial charge in [0.15, 0.2) is 10.8 Å². The van der Waals surface area contributed by atoms with E-state index in [2.05, 4.69) is 17.1 Å². The van der Waals surface area contributed by atoms with Crippen molar-refractivity contribution in [3.05, 3.63) is 46.5 Å². The second kappa shape index (κ2) is 9.82. The monoisotopic (exact) mass is 400 g/mol. The van der Waals surface area contributed by atoms with E-state index in [4.69, 9.17) is 4.74 Å². The molecule has 0 atom stereocenters. The fraction of sp³-hybridized carbons (Fsp3) is 0.500. The molecule has 1 aliphatic rings. The average Bonchev–Trinajstić information content (AvgIpc) is 3.11. The van der Waals surface area contributed by atoms with Crippen LogP contribution < -0.4 is 4.90 Å². The van der Waals surface area contributed by atoms with E-state index in [1.165, 1.54) is 23.3 Å². The van der Waals surface area contributed by atoms with Gasteiger partial charge >= 0.3 is 5.97 Å². The zero-order valence-corrected chi connectivity index (χ0v) is 17.5. The Balaban J connectivity index is 1.83. The fourth-order valence-electron chi connectivity index (χ4n) is 3.64. The third-order valence-corrected chi connectivity index (χ3v) is 6.17. The molecule has 1 aromatic carbocycles. The van der Waals surface area contributed by atoms with E-state index in [-0.39, 0.29) is 11.8 Å². The molecule has 5 nitrogen and oxygen atoms in total. The van der Waals surface area contributed by atoms with Gasteiger partial charge in [-0.2, -0.15) is 0 Å². The number of thiazole rings is 1. The number of hydrogen-bond acceptors (Lipinski definition) is 5. The molecule has 1 heterocycles. The Bertz CT molecular complexity index is 797. The summed E-state index contributed by atoms with van der Waals surface area (Å²) in [5.41, 5.74) is 1.51. The van der Waals surface area contributed by atoms with Crippen molar-refractivity contribution in [2.45, 2.75) is 52.4 Å². The van der Waals surface area contributed by atoms with Gasteiger partial charge < -0.3 is 4.74 Å². The summed E-state index contributed by atoms with van der Waals surface area (Å²) in [5.74, 6) is -0.227. The number of hydrogen-bond donors (Lipinski definition) is 0. The lowest BCUT2D eigenvalue weighted by Crippen LogP contribution is -2.38. The number of aromatic nitrogens is 1. The minimum absolute atomic E-state index is 0.0553. The summed E-state index contributed by atoms with van der Waals surface area (Å²) >= 11 is 1.40. The van der Waals surface area contributed by atoms with Gasteiger partial charge in [-0.25, -0.2) is 9.78 Å². The van der Waals surface area contributed by atoms with Crippen molar-refractivity contribution in [1.29, 1.82) is 0 Å². The molecule has 0 aliphatic heterocycles. The molecule has 1 amide bonds. The maximum Gasteiger partial charge on any atom is 0.358 e. The van der Waals surface area contributed by atoms with Crippen LogP contribution in [0.4, 0.5) is 5.13 Å². The van der Waals surface area contributed by atoms with E-state index in [1.54, 1.807) is 11.8 Å². The van der Waals surface area contributed by atoms with Crippen molar-refractivity contribution < 1.29 is 14.3 Å². The summed E-state index contributed by atoms with van der Waals surface area (Å²) in [6.45, 7) is 4.51. The lowest BCUT2D eigenvalue weighted by Gasteiger charge is -2.27. The van der Waals surface area contributed by atoms with Crippen LogP contribution in [0, 0.1) is 12.8 Å². The van der Waals surface area contributed by atoms with Crippen LogP contribution in [-0.4, -0.2) is 30.0 Å². The van der Waals surface area contributed by atoms with Crippen molar-refractivity contribution in [2.24, 2.45) is 5.92 Å². The number of aryl methyl sites for hydroxylation is 1. The van der Waals surface area contributed by atoms with Crippen molar-refractivity contribution >= 4 is 28.3 Å². The molecule has 3 rings (SSSR count). The highest BCUT2D eigenvalue weighted by atomic mass is 32.1. The Morgan fingerprint density at radius 3 is 2.57 bits per heavy atom. The first kappa shape index (κ1) is 20.5. The summed E-state index contributed by atoms with van der Waals surface area (Å²) in [6.07, 6.45) is 6.05. The van der Waals surface area contributed by atoms with Crippen molar-refractivity contribution in [3.63, 3.8) is 0 Å². The van der Waals surface area contributed by atoms with Gasteiger partial charge in [0, 0.05) is 17.3 Å². The van der Waals surface area contributed by atoms with Crippen LogP contribution in [0.1, 0.15) is 60.0 Å². The molecular formula is C22H28N2O3S. The molecule has 1 aromatic heterocycles. The van der Waals surface area contributed by atoms with Gasteiger partial charge in [-0.05, 0) is 38.7 Å². The van der Waals surface area contributed by atoms with E-state index < -0.39 is 5.97 Å². The van der Waals surface area contributed by atoms with E-state index in [0.717, 1.165) is 37.0 Å². The van der Waals surface area contributed by atoms with Gasteiger partial charge in [-0.1, -0.05) is 49.6 Å². The molecular weight excluding hydrogens is 372 g/mol. The standard InChI is InChI=1S/C22H28N2O3S/c1-3-27-21(26)19-16(2)28-22(23-19)24(15-14-17-10-6-4-7-11-17)20(25)18-12-8-5-9-13-18/h4,6-7,10-11,18H,3,5,8-9,12-15H2,1-2H3. The summed E-state index contributed by atoms with van der Waals surface area (Å²) in [7, 11) is 0. The average molecular weight is 401 g/mol. The normalized spacial score (nSPS) is 14.6. The molecule has 0 bridgehead atoms. The van der Waals surface area contributed by atoms with Crippen molar-refractivity contribution in [1.82, 2.24) is 4.98 Å². The number of benzene rings is 1. The van der Waals surface area contributed by atoms with Gasteiger partial charge in [0.1, 0.15) is 0 Å². The molecule has 150 valence electrons. The maximum atomic E-state index is 13.3. The molecule has 28 heavy (non-hydrogen) atoms. The quantitative estimate of drug-likeness (QED) is 0.627. The summed E-state index contributed by atoms with van der Waals surface area (Å²) in [4.78, 5) is 32.6. The SMILES string of the molecule is CCOC(=O)c1nc(N(CCc2ccccc2)C(=O)C2CCCCC2)sc1C. The Kier molecular flexibility index (Phi) is 7.20. The van der Waals surface area contributed by atoms with Gasteiger partial charge in [0.25, 0.3) is 0 Å². The van der Waals surface area contributed by atoms with Crippen LogP contribution in [0.15, 0.2) is 30.3 Å². The summed E-state index contributed by atoms with van der Waals surface area (Å²) < 4.78 is 5.11. The van der Waals surface area contributed by atoms with E-state index >= 15 is 0 Å². The first-order valence-electron chi connectivity index (χ1n) is 10.1. The zero-order valence-electron chi connectivity index (χ0n) is 16.6. The maximum absolute atomic E-state index is 13.3. The highest BCUT2D eigenvalue weighted by Gasteiger charge is 2.30. The summed E-state index contributed by atoms with van der Waals surface area (Å²) in [5, 5.41) is 0.604. The minimum atomic E-state index is -0.421. The van der Waals surface area contributed by atoms with Gasteiger partial charge in [0.05, 0.1) is 6.61 Å². The number of esters is 1. The number of rotatable bonds is 7. The first-order valence-corrected chi connectivity index (χ1v) is 10.9. The van der Waals surface area contributed by atoms with Crippen LogP contribution in [0.5, 0.6) is 0 Å². The van der Waals surface area contributed by atoms with E-state index in [1.807, 2.05) is 25.1 Å². The molecule has 1 aliphatic carbocycles. The van der Waals surface area contributed by atoms with Crippen molar-refractivity contribution in [3.8, 4) is 0 Å². The highest BCUT2D eigenvalue weighted by Crippen LogP contribution is 2.31. The Hall–Kier alpha value is -2.21. The lowest BCUT2D eigenvalue weighted by molar-refractivity contribution is -0.123. The number of carbonyl (C=O) groups is 2. The fourth-order valence-corrected chi connectivity index (χ4v) is 4.57. The number of amides is 1. The minimum Gasteiger partial charge on any atom is -0.461 e. The van der Waals surface area contributed by atoms with E-state index in [0.29, 0.717) is 24.0 Å².